The molecule has 0 fully saturated rings. The predicted molar refractivity (Wildman–Crippen MR) is 47.3 cm³/mol. The molecule has 1 aromatic rings. The fourth-order valence-corrected chi connectivity index (χ4v) is 0.833. The van der Waals surface area contributed by atoms with Crippen molar-refractivity contribution in [2.75, 3.05) is 0 Å². The van der Waals surface area contributed by atoms with Crippen molar-refractivity contribution in [1.82, 2.24) is 0 Å². The van der Waals surface area contributed by atoms with E-state index < -0.39 is 4.92 Å². The summed E-state index contributed by atoms with van der Waals surface area (Å²) in [5.41, 5.74) is -0.106. The number of phenols is 1. The van der Waals surface area contributed by atoms with Crippen LogP contribution in [0.1, 0.15) is 5.56 Å². The van der Waals surface area contributed by atoms with Crippen molar-refractivity contribution in [3.63, 3.8) is 0 Å². The van der Waals surface area contributed by atoms with Crippen molar-refractivity contribution in [3.8, 4) is 23.7 Å². The Morgan fingerprint density at radius 2 is 2.21 bits per heavy atom. The number of nitrogens with zero attached hydrogens (tertiary/aromatic N) is 2. The summed E-state index contributed by atoms with van der Waals surface area (Å²) in [6.45, 7) is 0. The van der Waals surface area contributed by atoms with Gasteiger partial charge >= 0.3 is 0 Å². The van der Waals surface area contributed by atoms with Gasteiger partial charge in [0.1, 0.15) is 5.75 Å². The molecule has 0 saturated heterocycles. The van der Waals surface area contributed by atoms with E-state index in [1.165, 1.54) is 6.07 Å². The minimum Gasteiger partial charge on any atom is -0.507 e. The van der Waals surface area contributed by atoms with E-state index in [0.717, 1.165) is 12.1 Å². The summed E-state index contributed by atoms with van der Waals surface area (Å²) < 4.78 is 0. The molecule has 0 saturated carbocycles. The Morgan fingerprint density at radius 1 is 1.50 bits per heavy atom. The highest BCUT2D eigenvalue weighted by Crippen LogP contribution is 2.21. The third kappa shape index (κ3) is 1.99. The second-order valence-electron chi connectivity index (χ2n) is 2.32. The SMILES string of the molecule is N#CC#Cc1cc([N+](=O)[O-])ccc1O. The van der Waals surface area contributed by atoms with Crippen molar-refractivity contribution in [1.29, 1.82) is 5.26 Å². The Bertz CT molecular complexity index is 477. The Morgan fingerprint density at radius 3 is 2.79 bits per heavy atom. The van der Waals surface area contributed by atoms with E-state index in [0.29, 0.717) is 0 Å². The zero-order chi connectivity index (χ0) is 10.6. The van der Waals surface area contributed by atoms with E-state index in [1.807, 2.05) is 5.92 Å². The summed E-state index contributed by atoms with van der Waals surface area (Å²) in [5, 5.41) is 27.7. The molecule has 0 aliphatic carbocycles. The molecule has 5 heteroatoms. The van der Waals surface area contributed by atoms with Gasteiger partial charge in [0.25, 0.3) is 5.69 Å². The second kappa shape index (κ2) is 3.92. The Hall–Kier alpha value is -2.53. The minimum absolute atomic E-state index is 0.0701. The Labute approximate surface area is 79.4 Å². The van der Waals surface area contributed by atoms with Crippen molar-refractivity contribution >= 4 is 5.69 Å². The first kappa shape index (κ1) is 9.56. The summed E-state index contributed by atoms with van der Waals surface area (Å²) in [7, 11) is 0. The van der Waals surface area contributed by atoms with Gasteiger partial charge < -0.3 is 5.11 Å². The average Bonchev–Trinajstić information content (AvgIpc) is 2.16. The van der Waals surface area contributed by atoms with Crippen LogP contribution in [0, 0.1) is 33.3 Å². The van der Waals surface area contributed by atoms with Crippen LogP contribution in [0.2, 0.25) is 0 Å². The second-order valence-corrected chi connectivity index (χ2v) is 2.32. The van der Waals surface area contributed by atoms with Gasteiger partial charge in [0, 0.05) is 18.1 Å². The molecule has 0 aliphatic heterocycles. The van der Waals surface area contributed by atoms with Crippen LogP contribution in [-0.4, -0.2) is 10.0 Å². The van der Waals surface area contributed by atoms with Crippen LogP contribution in [0.4, 0.5) is 5.69 Å². The fourth-order valence-electron chi connectivity index (χ4n) is 0.833. The number of rotatable bonds is 1. The molecule has 1 rings (SSSR count). The maximum atomic E-state index is 10.3. The lowest BCUT2D eigenvalue weighted by Gasteiger charge is -1.95. The van der Waals surface area contributed by atoms with Crippen molar-refractivity contribution < 1.29 is 10.0 Å². The van der Waals surface area contributed by atoms with Crippen LogP contribution in [-0.2, 0) is 0 Å². The standard InChI is InChI=1S/C9H4N2O3/c10-5-1-2-7-6-8(11(13)14)3-4-9(7)12/h3-4,6,12H. The highest BCUT2D eigenvalue weighted by Gasteiger charge is 2.08. The summed E-state index contributed by atoms with van der Waals surface area (Å²) in [5.74, 6) is 4.15. The lowest BCUT2D eigenvalue weighted by Crippen LogP contribution is -1.88. The molecule has 1 N–H and O–H groups in total. The van der Waals surface area contributed by atoms with E-state index in [2.05, 4.69) is 5.92 Å². The molecule has 0 spiro atoms. The van der Waals surface area contributed by atoms with E-state index in [9.17, 15) is 15.2 Å². The fraction of sp³-hybridized carbons (Fsp3) is 0. The van der Waals surface area contributed by atoms with Gasteiger partial charge in [-0.05, 0) is 12.0 Å². The molecule has 0 aromatic heterocycles. The number of nitro groups is 1. The molecule has 0 amide bonds. The van der Waals surface area contributed by atoms with Gasteiger partial charge in [-0.15, -0.1) is 0 Å². The van der Waals surface area contributed by atoms with Crippen LogP contribution >= 0.6 is 0 Å². The molecular formula is C9H4N2O3. The molecule has 68 valence electrons. The quantitative estimate of drug-likeness (QED) is 0.407. The number of hydrogen-bond acceptors (Lipinski definition) is 4. The molecule has 0 atom stereocenters. The smallest absolute Gasteiger partial charge is 0.270 e. The molecule has 5 nitrogen and oxygen atoms in total. The highest BCUT2D eigenvalue weighted by atomic mass is 16.6. The Balaban J connectivity index is 3.23. The van der Waals surface area contributed by atoms with Crippen molar-refractivity contribution in [3.05, 3.63) is 33.9 Å². The molecular weight excluding hydrogens is 184 g/mol. The van der Waals surface area contributed by atoms with Crippen molar-refractivity contribution in [2.24, 2.45) is 0 Å². The monoisotopic (exact) mass is 188 g/mol. The number of nitro benzene ring substituents is 1. The third-order valence-corrected chi connectivity index (χ3v) is 1.44. The summed E-state index contributed by atoms with van der Waals surface area (Å²) >= 11 is 0. The van der Waals surface area contributed by atoms with Gasteiger partial charge in [-0.1, -0.05) is 0 Å². The molecule has 0 heterocycles. The van der Waals surface area contributed by atoms with Gasteiger partial charge in [0.15, 0.2) is 6.07 Å². The van der Waals surface area contributed by atoms with Crippen LogP contribution in [0.5, 0.6) is 5.75 Å². The van der Waals surface area contributed by atoms with E-state index in [1.54, 1.807) is 6.07 Å². The van der Waals surface area contributed by atoms with Crippen LogP contribution < -0.4 is 0 Å². The number of benzene rings is 1. The minimum atomic E-state index is -0.600. The number of phenolic OH excluding ortho intramolecular Hbond substituents is 1. The van der Waals surface area contributed by atoms with E-state index in [-0.39, 0.29) is 17.0 Å². The first-order valence-electron chi connectivity index (χ1n) is 3.52. The number of aromatic hydroxyl groups is 1. The summed E-state index contributed by atoms with van der Waals surface area (Å²) in [6, 6.07) is 4.99. The largest absolute Gasteiger partial charge is 0.507 e. The van der Waals surface area contributed by atoms with Gasteiger partial charge in [-0.3, -0.25) is 10.1 Å². The molecule has 1 aromatic carbocycles. The summed E-state index contributed by atoms with van der Waals surface area (Å²) in [6.07, 6.45) is 0. The lowest BCUT2D eigenvalue weighted by atomic mass is 10.2. The Kier molecular flexibility index (Phi) is 2.68. The number of hydrogen-bond donors (Lipinski definition) is 1. The zero-order valence-electron chi connectivity index (χ0n) is 6.89. The maximum Gasteiger partial charge on any atom is 0.270 e. The van der Waals surface area contributed by atoms with Gasteiger partial charge in [-0.2, -0.15) is 5.26 Å². The zero-order valence-corrected chi connectivity index (χ0v) is 6.89. The van der Waals surface area contributed by atoms with Crippen LogP contribution in [0.3, 0.4) is 0 Å². The maximum absolute atomic E-state index is 10.3. The first-order valence-corrected chi connectivity index (χ1v) is 3.52. The molecule has 0 unspecified atom stereocenters. The number of non-ortho nitro benzene ring substituents is 1. The normalized spacial score (nSPS) is 8.21. The third-order valence-electron chi connectivity index (χ3n) is 1.44. The predicted octanol–water partition coefficient (Wildman–Crippen LogP) is 1.18. The molecule has 0 bridgehead atoms. The molecule has 0 aliphatic rings. The highest BCUT2D eigenvalue weighted by molar-refractivity contribution is 5.52. The van der Waals surface area contributed by atoms with Gasteiger partial charge in [-0.25, -0.2) is 0 Å². The lowest BCUT2D eigenvalue weighted by molar-refractivity contribution is -0.384. The first-order chi connectivity index (χ1) is 6.65. The van der Waals surface area contributed by atoms with Gasteiger partial charge in [0.05, 0.1) is 10.5 Å². The van der Waals surface area contributed by atoms with Crippen LogP contribution in [0.25, 0.3) is 0 Å². The molecule has 14 heavy (non-hydrogen) atoms. The van der Waals surface area contributed by atoms with E-state index in [4.69, 9.17) is 5.26 Å². The topological polar surface area (TPSA) is 87.2 Å². The number of nitriles is 1. The van der Waals surface area contributed by atoms with Crippen molar-refractivity contribution in [2.45, 2.75) is 0 Å². The van der Waals surface area contributed by atoms with E-state index >= 15 is 0 Å². The average molecular weight is 188 g/mol. The summed E-state index contributed by atoms with van der Waals surface area (Å²) in [4.78, 5) is 9.75. The van der Waals surface area contributed by atoms with Crippen LogP contribution in [0.15, 0.2) is 18.2 Å². The van der Waals surface area contributed by atoms with Gasteiger partial charge in [0.2, 0.25) is 0 Å². The molecule has 0 radical (unpaired) electrons.